The van der Waals surface area contributed by atoms with Gasteiger partial charge in [0, 0.05) is 65.1 Å². The minimum atomic E-state index is -0.337. The highest BCUT2D eigenvalue weighted by atomic mass is 19.1. The molecule has 3 aliphatic rings. The fraction of sp³-hybridized carbons (Fsp3) is 0.484. The van der Waals surface area contributed by atoms with Crippen molar-refractivity contribution in [3.05, 3.63) is 71.2 Å². The Morgan fingerprint density at radius 3 is 2.42 bits per heavy atom. The number of hydrogen-bond donors (Lipinski definition) is 1. The maximum atomic E-state index is 14.1. The summed E-state index contributed by atoms with van der Waals surface area (Å²) in [6, 6.07) is 6.06. The van der Waals surface area contributed by atoms with Gasteiger partial charge in [-0.25, -0.2) is 14.1 Å². The minimum Gasteiger partial charge on any atom is -0.349 e. The number of fused-ring (bicyclic) bond motifs is 1. The van der Waals surface area contributed by atoms with E-state index in [4.69, 9.17) is 0 Å². The Labute approximate surface area is 250 Å². The van der Waals surface area contributed by atoms with Crippen LogP contribution in [0.4, 0.5) is 4.39 Å². The van der Waals surface area contributed by atoms with E-state index < -0.39 is 0 Å². The average molecular weight is 589 g/mol. The van der Waals surface area contributed by atoms with Crippen LogP contribution in [0.5, 0.6) is 0 Å². The maximum Gasteiger partial charge on any atom is 0.257 e. The summed E-state index contributed by atoms with van der Waals surface area (Å²) in [5, 5.41) is 7.69. The molecule has 3 amide bonds. The van der Waals surface area contributed by atoms with Crippen LogP contribution >= 0.6 is 0 Å². The van der Waals surface area contributed by atoms with Crippen LogP contribution in [0.2, 0.25) is 0 Å². The lowest BCUT2D eigenvalue weighted by atomic mass is 9.97. The van der Waals surface area contributed by atoms with Crippen molar-refractivity contribution in [2.45, 2.75) is 33.2 Å². The summed E-state index contributed by atoms with van der Waals surface area (Å²) in [7, 11) is 0. The molecule has 6 rings (SSSR count). The van der Waals surface area contributed by atoms with Gasteiger partial charge in [0.1, 0.15) is 5.82 Å². The molecule has 3 aliphatic heterocycles. The molecule has 226 valence electrons. The van der Waals surface area contributed by atoms with Crippen LogP contribution in [0.15, 0.2) is 42.9 Å². The van der Waals surface area contributed by atoms with E-state index in [-0.39, 0.29) is 35.5 Å². The van der Waals surface area contributed by atoms with E-state index in [1.54, 1.807) is 34.2 Å². The molecule has 2 unspecified atom stereocenters. The summed E-state index contributed by atoms with van der Waals surface area (Å²) in [6.07, 6.45) is 5.47. The Kier molecular flexibility index (Phi) is 7.95. The Hall–Kier alpha value is -4.19. The molecule has 0 aliphatic carbocycles. The van der Waals surface area contributed by atoms with Crippen molar-refractivity contribution in [2.24, 2.45) is 17.8 Å². The van der Waals surface area contributed by atoms with Crippen LogP contribution in [0.3, 0.4) is 0 Å². The van der Waals surface area contributed by atoms with Crippen molar-refractivity contribution >= 4 is 17.7 Å². The fourth-order valence-corrected chi connectivity index (χ4v) is 6.72. The van der Waals surface area contributed by atoms with E-state index in [0.717, 1.165) is 30.9 Å². The number of benzene rings is 1. The summed E-state index contributed by atoms with van der Waals surface area (Å²) < 4.78 is 15.8. The van der Waals surface area contributed by atoms with Gasteiger partial charge in [-0.15, -0.1) is 0 Å². The summed E-state index contributed by atoms with van der Waals surface area (Å²) in [5.74, 6) is 0.601. The van der Waals surface area contributed by atoms with Crippen molar-refractivity contribution in [3.63, 3.8) is 0 Å². The number of aromatic nitrogens is 4. The van der Waals surface area contributed by atoms with E-state index in [0.29, 0.717) is 61.5 Å². The van der Waals surface area contributed by atoms with Crippen molar-refractivity contribution in [1.82, 2.24) is 39.8 Å². The number of nitrogens with zero attached hydrogens (tertiary/aromatic N) is 7. The van der Waals surface area contributed by atoms with Gasteiger partial charge in [0.15, 0.2) is 5.82 Å². The second-order valence-electron chi connectivity index (χ2n) is 12.0. The predicted octanol–water partition coefficient (Wildman–Crippen LogP) is 2.15. The zero-order chi connectivity index (χ0) is 30.2. The van der Waals surface area contributed by atoms with Gasteiger partial charge in [0.05, 0.1) is 35.1 Å². The lowest BCUT2D eigenvalue weighted by Gasteiger charge is -2.38. The topological polar surface area (TPSA) is 117 Å². The number of nitrogens with one attached hydrogen (secondary N) is 1. The first kappa shape index (κ1) is 28.9. The Morgan fingerprint density at radius 2 is 1.77 bits per heavy atom. The Bertz CT molecular complexity index is 1510. The standard InChI is InChI=1S/C31H37FN8O3/c1-19-29(20(2)40(36-19)28-12-33-8-9-34-28)31(43)39-15-23-13-37(14-24(23)16-39)10-7-27(22-5-4-6-26(32)11-22)35-30(42)25-17-38(18-25)21(3)41/h4-6,8-9,11-12,23-25,27H,7,10,13-18H2,1-3H3,(H,35,42)/t23-,24?,27?/m0/s1. The lowest BCUT2D eigenvalue weighted by Crippen LogP contribution is -2.55. The van der Waals surface area contributed by atoms with E-state index in [9.17, 15) is 18.8 Å². The Morgan fingerprint density at radius 1 is 1.02 bits per heavy atom. The van der Waals surface area contributed by atoms with Crippen LogP contribution in [0.1, 0.15) is 46.7 Å². The monoisotopic (exact) mass is 588 g/mol. The molecule has 1 N–H and O–H groups in total. The first-order chi connectivity index (χ1) is 20.7. The molecular formula is C31H37FN8O3. The van der Waals surface area contributed by atoms with Gasteiger partial charge in [0.2, 0.25) is 11.8 Å². The van der Waals surface area contributed by atoms with E-state index >= 15 is 0 Å². The molecule has 1 aromatic carbocycles. The van der Waals surface area contributed by atoms with Crippen molar-refractivity contribution in [2.75, 3.05) is 45.8 Å². The lowest BCUT2D eigenvalue weighted by molar-refractivity contribution is -0.141. The number of hydrogen-bond acceptors (Lipinski definition) is 7. The van der Waals surface area contributed by atoms with Gasteiger partial charge in [0.25, 0.3) is 5.91 Å². The van der Waals surface area contributed by atoms with Crippen molar-refractivity contribution < 1.29 is 18.8 Å². The number of rotatable bonds is 8. The largest absolute Gasteiger partial charge is 0.349 e. The van der Waals surface area contributed by atoms with E-state index in [1.807, 2.05) is 24.8 Å². The van der Waals surface area contributed by atoms with Gasteiger partial charge < -0.3 is 20.0 Å². The molecule has 11 nitrogen and oxygen atoms in total. The molecule has 12 heteroatoms. The molecule has 0 saturated carbocycles. The normalized spacial score (nSPS) is 21.0. The molecule has 3 fully saturated rings. The molecule has 0 spiro atoms. The molecule has 0 radical (unpaired) electrons. The summed E-state index contributed by atoms with van der Waals surface area (Å²) >= 11 is 0. The molecular weight excluding hydrogens is 551 g/mol. The highest BCUT2D eigenvalue weighted by molar-refractivity contribution is 5.96. The number of carbonyl (C=O) groups is 3. The van der Waals surface area contributed by atoms with Gasteiger partial charge in [-0.2, -0.15) is 5.10 Å². The van der Waals surface area contributed by atoms with Crippen LogP contribution in [-0.4, -0.2) is 98.0 Å². The molecule has 5 heterocycles. The average Bonchev–Trinajstić information content (AvgIpc) is 3.61. The van der Waals surface area contributed by atoms with Gasteiger partial charge in [-0.3, -0.25) is 19.4 Å². The van der Waals surface area contributed by atoms with E-state index in [2.05, 4.69) is 25.3 Å². The molecule has 3 atom stereocenters. The molecule has 3 aromatic rings. The third-order valence-corrected chi connectivity index (χ3v) is 9.12. The summed E-state index contributed by atoms with van der Waals surface area (Å²) in [5.41, 5.74) is 2.78. The third kappa shape index (κ3) is 5.88. The molecule has 43 heavy (non-hydrogen) atoms. The number of carbonyl (C=O) groups excluding carboxylic acids is 3. The van der Waals surface area contributed by atoms with Gasteiger partial charge in [-0.05, 0) is 49.8 Å². The number of amides is 3. The zero-order valence-corrected chi connectivity index (χ0v) is 24.7. The quantitative estimate of drug-likeness (QED) is 0.429. The fourth-order valence-electron chi connectivity index (χ4n) is 6.72. The number of halogens is 1. The molecule has 2 aromatic heterocycles. The molecule has 3 saturated heterocycles. The third-order valence-electron chi connectivity index (χ3n) is 9.12. The number of aryl methyl sites for hydroxylation is 1. The maximum absolute atomic E-state index is 14.1. The first-order valence-electron chi connectivity index (χ1n) is 14.8. The molecule has 0 bridgehead atoms. The number of likely N-dealkylation sites (tertiary alicyclic amines) is 3. The summed E-state index contributed by atoms with van der Waals surface area (Å²) in [6.45, 7) is 9.93. The predicted molar refractivity (Wildman–Crippen MR) is 156 cm³/mol. The highest BCUT2D eigenvalue weighted by Crippen LogP contribution is 2.33. The minimum absolute atomic E-state index is 0.000644. The van der Waals surface area contributed by atoms with Crippen molar-refractivity contribution in [1.29, 1.82) is 0 Å². The van der Waals surface area contributed by atoms with Crippen LogP contribution in [0.25, 0.3) is 5.82 Å². The Balaban J connectivity index is 1.06. The highest BCUT2D eigenvalue weighted by Gasteiger charge is 2.43. The SMILES string of the molecule is CC(=O)N1CC(C(=O)NC(CCN2CC3CN(C(=O)c4c(C)nn(-c5cnccn5)c4C)C[C@@H]3C2)c2cccc(F)c2)C1. The zero-order valence-electron chi connectivity index (χ0n) is 24.7. The first-order valence-corrected chi connectivity index (χ1v) is 14.8. The summed E-state index contributed by atoms with van der Waals surface area (Å²) in [4.78, 5) is 52.5. The smallest absolute Gasteiger partial charge is 0.257 e. The second kappa shape index (κ2) is 11.8. The van der Waals surface area contributed by atoms with Crippen LogP contribution in [-0.2, 0) is 9.59 Å². The van der Waals surface area contributed by atoms with Crippen molar-refractivity contribution in [3.8, 4) is 5.82 Å². The van der Waals surface area contributed by atoms with Crippen LogP contribution < -0.4 is 5.32 Å². The second-order valence-corrected chi connectivity index (χ2v) is 12.0. The van der Waals surface area contributed by atoms with E-state index in [1.165, 1.54) is 19.1 Å². The van der Waals surface area contributed by atoms with Crippen LogP contribution in [0, 0.1) is 37.4 Å². The van der Waals surface area contributed by atoms with Gasteiger partial charge in [-0.1, -0.05) is 12.1 Å². The van der Waals surface area contributed by atoms with Gasteiger partial charge >= 0.3 is 0 Å².